The van der Waals surface area contributed by atoms with Crippen molar-refractivity contribution < 1.29 is 29.9 Å². The van der Waals surface area contributed by atoms with Crippen molar-refractivity contribution in [2.75, 3.05) is 39.6 Å². The lowest BCUT2D eigenvalue weighted by atomic mass is 10.6. The molecule has 3 aromatic heterocycles. The van der Waals surface area contributed by atoms with Crippen molar-refractivity contribution in [3.8, 4) is 11.9 Å². The first-order valence-corrected chi connectivity index (χ1v) is 10.7. The quantitative estimate of drug-likeness (QED) is 0.244. The maximum Gasteiger partial charge on any atom is 0.317 e. The van der Waals surface area contributed by atoms with Gasteiger partial charge in [-0.1, -0.05) is 23.2 Å². The second-order valence-corrected chi connectivity index (χ2v) is 6.52. The highest BCUT2D eigenvalue weighted by molar-refractivity contribution is 6.31. The third-order valence-corrected chi connectivity index (χ3v) is 3.34. The molecule has 0 aromatic carbocycles. The SMILES string of the molecule is Clc1ccnc(Cl)n1.OCCO.OCCOc1ccnc(Cl)n1.OCCOc1nccc(Cl)n1. The van der Waals surface area contributed by atoms with Crippen molar-refractivity contribution in [1.29, 1.82) is 0 Å². The molecule has 0 aliphatic heterocycles. The van der Waals surface area contributed by atoms with E-state index in [-0.39, 0.29) is 56.2 Å². The Morgan fingerprint density at radius 3 is 1.53 bits per heavy atom. The minimum absolute atomic E-state index is 0.0401. The van der Waals surface area contributed by atoms with E-state index in [1.807, 2.05) is 0 Å². The highest BCUT2D eigenvalue weighted by atomic mass is 35.5. The first-order valence-electron chi connectivity index (χ1n) is 9.16. The van der Waals surface area contributed by atoms with E-state index >= 15 is 0 Å². The van der Waals surface area contributed by atoms with E-state index in [1.165, 1.54) is 18.6 Å². The lowest BCUT2D eigenvalue weighted by Gasteiger charge is -2.00. The predicted molar refractivity (Wildman–Crippen MR) is 125 cm³/mol. The zero-order valence-corrected chi connectivity index (χ0v) is 20.5. The highest BCUT2D eigenvalue weighted by Crippen LogP contribution is 2.08. The Balaban J connectivity index is 0.000000450. The van der Waals surface area contributed by atoms with Gasteiger partial charge in [0.2, 0.25) is 16.4 Å². The second kappa shape index (κ2) is 21.4. The summed E-state index contributed by atoms with van der Waals surface area (Å²) < 4.78 is 9.83. The number of rotatable bonds is 7. The van der Waals surface area contributed by atoms with Gasteiger partial charge < -0.3 is 29.9 Å². The number of hydrogen-bond acceptors (Lipinski definition) is 12. The summed E-state index contributed by atoms with van der Waals surface area (Å²) in [4.78, 5) is 22.1. The molecule has 0 spiro atoms. The van der Waals surface area contributed by atoms with Gasteiger partial charge in [0.05, 0.1) is 26.4 Å². The van der Waals surface area contributed by atoms with E-state index in [4.69, 9.17) is 76.3 Å². The summed E-state index contributed by atoms with van der Waals surface area (Å²) in [5.41, 5.74) is 0. The van der Waals surface area contributed by atoms with Gasteiger partial charge in [-0.05, 0) is 35.3 Å². The van der Waals surface area contributed by atoms with Crippen LogP contribution in [0.4, 0.5) is 0 Å². The average Bonchev–Trinajstić information content (AvgIpc) is 2.82. The molecule has 34 heavy (non-hydrogen) atoms. The van der Waals surface area contributed by atoms with Crippen molar-refractivity contribution >= 4 is 46.4 Å². The summed E-state index contributed by atoms with van der Waals surface area (Å²) in [6.07, 6.45) is 4.47. The minimum atomic E-state index is -0.125. The van der Waals surface area contributed by atoms with Gasteiger partial charge in [-0.2, -0.15) is 9.97 Å². The molecule has 0 aliphatic carbocycles. The van der Waals surface area contributed by atoms with Crippen LogP contribution in [-0.2, 0) is 0 Å². The zero-order valence-electron chi connectivity index (χ0n) is 17.5. The standard InChI is InChI=1S/2C6H7ClN2O2.C4H2Cl2N2.C2H6O2/c7-6-8-2-1-5(9-6)11-4-3-10;7-5-1-2-8-6(9-5)11-4-3-10;5-3-1-2-7-4(6)8-3;3-1-2-4/h2*1-2,10H,3-4H2;1-2H;3-4H,1-2H2. The van der Waals surface area contributed by atoms with E-state index in [1.54, 1.807) is 18.2 Å². The summed E-state index contributed by atoms with van der Waals surface area (Å²) in [5.74, 6) is 0.374. The van der Waals surface area contributed by atoms with Crippen LogP contribution in [0.25, 0.3) is 0 Å². The lowest BCUT2D eigenvalue weighted by Crippen LogP contribution is -2.04. The smallest absolute Gasteiger partial charge is 0.317 e. The summed E-state index contributed by atoms with van der Waals surface area (Å²) in [7, 11) is 0. The van der Waals surface area contributed by atoms with Crippen molar-refractivity contribution in [2.24, 2.45) is 0 Å². The Morgan fingerprint density at radius 2 is 1.09 bits per heavy atom. The van der Waals surface area contributed by atoms with Crippen LogP contribution in [0.5, 0.6) is 11.9 Å². The third-order valence-electron chi connectivity index (χ3n) is 2.56. The molecule has 0 unspecified atom stereocenters. The van der Waals surface area contributed by atoms with E-state index in [0.29, 0.717) is 16.2 Å². The molecule has 16 heteroatoms. The first-order chi connectivity index (χ1) is 16.4. The lowest BCUT2D eigenvalue weighted by molar-refractivity contribution is 0.186. The fourth-order valence-electron chi connectivity index (χ4n) is 1.39. The molecule has 0 amide bonds. The maximum absolute atomic E-state index is 8.40. The molecule has 0 bridgehead atoms. The summed E-state index contributed by atoms with van der Waals surface area (Å²) in [6, 6.07) is 4.87. The minimum Gasteiger partial charge on any atom is -0.475 e. The van der Waals surface area contributed by atoms with Gasteiger partial charge in [0.1, 0.15) is 23.5 Å². The van der Waals surface area contributed by atoms with E-state index in [0.717, 1.165) is 0 Å². The Labute approximate surface area is 215 Å². The van der Waals surface area contributed by atoms with Crippen molar-refractivity contribution in [3.63, 3.8) is 0 Å². The summed E-state index contributed by atoms with van der Waals surface area (Å²) >= 11 is 21.7. The van der Waals surface area contributed by atoms with Crippen LogP contribution in [0, 0.1) is 0 Å². The average molecular weight is 560 g/mol. The van der Waals surface area contributed by atoms with Crippen LogP contribution in [0.1, 0.15) is 0 Å². The maximum atomic E-state index is 8.40. The normalized spacial score (nSPS) is 9.29. The fraction of sp³-hybridized carbons (Fsp3) is 0.333. The molecular weight excluding hydrogens is 538 g/mol. The van der Waals surface area contributed by atoms with Crippen molar-refractivity contribution in [3.05, 3.63) is 57.7 Å². The van der Waals surface area contributed by atoms with Crippen LogP contribution in [0.15, 0.2) is 36.8 Å². The molecule has 0 fully saturated rings. The van der Waals surface area contributed by atoms with Crippen molar-refractivity contribution in [1.82, 2.24) is 29.9 Å². The molecule has 3 heterocycles. The summed E-state index contributed by atoms with van der Waals surface area (Å²) in [5, 5.41) is 33.0. The Hall–Kier alpha value is -2.16. The number of aliphatic hydroxyl groups excluding tert-OH is 4. The first kappa shape index (κ1) is 31.8. The molecule has 0 aliphatic rings. The molecule has 0 saturated heterocycles. The van der Waals surface area contributed by atoms with Gasteiger partial charge in [-0.25, -0.2) is 19.9 Å². The number of aliphatic hydroxyl groups is 4. The molecular formula is C18H22Cl4N6O6. The molecule has 3 rings (SSSR count). The van der Waals surface area contributed by atoms with Crippen molar-refractivity contribution in [2.45, 2.75) is 0 Å². The predicted octanol–water partition coefficient (Wildman–Crippen LogP) is 1.76. The van der Waals surface area contributed by atoms with Crippen LogP contribution in [0.3, 0.4) is 0 Å². The number of ether oxygens (including phenoxy) is 2. The van der Waals surface area contributed by atoms with Gasteiger partial charge in [-0.15, -0.1) is 0 Å². The van der Waals surface area contributed by atoms with Crippen LogP contribution < -0.4 is 9.47 Å². The largest absolute Gasteiger partial charge is 0.475 e. The number of hydrogen-bond donors (Lipinski definition) is 4. The monoisotopic (exact) mass is 558 g/mol. The highest BCUT2D eigenvalue weighted by Gasteiger charge is 1.96. The van der Waals surface area contributed by atoms with Gasteiger partial charge in [-0.3, -0.25) is 0 Å². The van der Waals surface area contributed by atoms with Gasteiger partial charge >= 0.3 is 6.01 Å². The molecule has 0 atom stereocenters. The Kier molecular flexibility index (Phi) is 20.0. The van der Waals surface area contributed by atoms with E-state index < -0.39 is 0 Å². The molecule has 0 saturated carbocycles. The number of halogens is 4. The zero-order chi connectivity index (χ0) is 25.6. The van der Waals surface area contributed by atoms with Gasteiger partial charge in [0, 0.05) is 24.7 Å². The third kappa shape index (κ3) is 18.3. The number of nitrogens with zero attached hydrogens (tertiary/aromatic N) is 6. The van der Waals surface area contributed by atoms with E-state index in [9.17, 15) is 0 Å². The van der Waals surface area contributed by atoms with Gasteiger partial charge in [0.25, 0.3) is 0 Å². The van der Waals surface area contributed by atoms with Gasteiger partial charge in [0.15, 0.2) is 0 Å². The van der Waals surface area contributed by atoms with E-state index in [2.05, 4.69) is 29.9 Å². The van der Waals surface area contributed by atoms with Crippen LogP contribution in [0.2, 0.25) is 20.9 Å². The Morgan fingerprint density at radius 1 is 0.588 bits per heavy atom. The Bertz CT molecular complexity index is 849. The fourth-order valence-corrected chi connectivity index (χ4v) is 1.99. The molecule has 188 valence electrons. The molecule has 3 aromatic rings. The second-order valence-electron chi connectivity index (χ2n) is 5.07. The van der Waals surface area contributed by atoms with Crippen LogP contribution in [-0.4, -0.2) is 90.0 Å². The summed E-state index contributed by atoms with van der Waals surface area (Å²) in [6.45, 7) is 0.0468. The molecule has 4 N–H and O–H groups in total. The topological polar surface area (TPSA) is 177 Å². The molecule has 12 nitrogen and oxygen atoms in total. The molecule has 0 radical (unpaired) electrons. The van der Waals surface area contributed by atoms with Crippen LogP contribution >= 0.6 is 46.4 Å². The number of aromatic nitrogens is 6.